The molecule has 1 aliphatic rings. The summed E-state index contributed by atoms with van der Waals surface area (Å²) in [5, 5.41) is 13.8. The van der Waals surface area contributed by atoms with Crippen molar-refractivity contribution in [1.82, 2.24) is 10.2 Å². The number of hydrogen-bond acceptors (Lipinski definition) is 5. The van der Waals surface area contributed by atoms with Gasteiger partial charge in [0.1, 0.15) is 0 Å². The maximum atomic E-state index is 10.3. The predicted octanol–water partition coefficient (Wildman–Crippen LogP) is 1.62. The minimum atomic E-state index is -0.553. The normalized spacial score (nSPS) is 16.5. The van der Waals surface area contributed by atoms with Gasteiger partial charge in [0.2, 0.25) is 6.79 Å². The van der Waals surface area contributed by atoms with Gasteiger partial charge in [-0.2, -0.15) is 0 Å². The van der Waals surface area contributed by atoms with Crippen LogP contribution in [0.15, 0.2) is 18.2 Å². The number of ether oxygens (including phenoxy) is 2. The largest absolute Gasteiger partial charge is 0.454 e. The molecule has 0 aliphatic carbocycles. The van der Waals surface area contributed by atoms with Gasteiger partial charge >= 0.3 is 0 Å². The summed E-state index contributed by atoms with van der Waals surface area (Å²) < 4.78 is 10.6. The number of nitrogens with zero attached hydrogens (tertiary/aromatic N) is 1. The maximum absolute atomic E-state index is 10.3. The van der Waals surface area contributed by atoms with Crippen molar-refractivity contribution in [3.63, 3.8) is 0 Å². The highest BCUT2D eigenvalue weighted by Crippen LogP contribution is 2.34. The van der Waals surface area contributed by atoms with Crippen molar-refractivity contribution in [3.8, 4) is 11.5 Å². The molecule has 2 rings (SSSR count). The molecule has 118 valence electrons. The highest BCUT2D eigenvalue weighted by Gasteiger charge is 2.19. The first-order valence-corrected chi connectivity index (χ1v) is 7.43. The van der Waals surface area contributed by atoms with Crippen LogP contribution in [0.25, 0.3) is 0 Å². The minimum Gasteiger partial charge on any atom is -0.454 e. The standard InChI is InChI=1S/C16H26N2O3/c1-11(2)13(9-18(3)4)17-8-14(19)12-5-6-15-16(7-12)21-10-20-15/h5-7,11,13-14,17,19H,8-10H2,1-4H3. The molecule has 0 spiro atoms. The van der Waals surface area contributed by atoms with Gasteiger partial charge in [0.05, 0.1) is 6.10 Å². The third-order valence-corrected chi connectivity index (χ3v) is 3.72. The van der Waals surface area contributed by atoms with E-state index in [2.05, 4.69) is 38.2 Å². The van der Waals surface area contributed by atoms with E-state index in [0.29, 0.717) is 24.3 Å². The first-order valence-electron chi connectivity index (χ1n) is 7.43. The van der Waals surface area contributed by atoms with Crippen molar-refractivity contribution in [2.45, 2.75) is 26.0 Å². The molecule has 5 heteroatoms. The Bertz CT molecular complexity index is 463. The van der Waals surface area contributed by atoms with Gasteiger partial charge in [-0.25, -0.2) is 0 Å². The van der Waals surface area contributed by atoms with Crippen LogP contribution in [0.1, 0.15) is 25.5 Å². The molecule has 1 aromatic carbocycles. The van der Waals surface area contributed by atoms with Crippen molar-refractivity contribution in [2.75, 3.05) is 34.0 Å². The second-order valence-corrected chi connectivity index (χ2v) is 6.15. The number of hydrogen-bond donors (Lipinski definition) is 2. The summed E-state index contributed by atoms with van der Waals surface area (Å²) in [6.07, 6.45) is -0.553. The Morgan fingerprint density at radius 1 is 1.24 bits per heavy atom. The summed E-state index contributed by atoms with van der Waals surface area (Å²) in [5.74, 6) is 1.96. The van der Waals surface area contributed by atoms with E-state index in [1.54, 1.807) is 0 Å². The van der Waals surface area contributed by atoms with E-state index in [1.165, 1.54) is 0 Å². The average molecular weight is 294 g/mol. The molecule has 0 saturated heterocycles. The number of nitrogens with one attached hydrogen (secondary N) is 1. The Kier molecular flexibility index (Phi) is 5.45. The van der Waals surface area contributed by atoms with Gasteiger partial charge in [-0.15, -0.1) is 0 Å². The van der Waals surface area contributed by atoms with Crippen LogP contribution in [0.3, 0.4) is 0 Å². The van der Waals surface area contributed by atoms with E-state index in [1.807, 2.05) is 18.2 Å². The molecule has 21 heavy (non-hydrogen) atoms. The van der Waals surface area contributed by atoms with Crippen molar-refractivity contribution >= 4 is 0 Å². The lowest BCUT2D eigenvalue weighted by Crippen LogP contribution is -2.43. The zero-order valence-electron chi connectivity index (χ0n) is 13.3. The zero-order chi connectivity index (χ0) is 15.4. The Balaban J connectivity index is 1.92. The van der Waals surface area contributed by atoms with Gasteiger partial charge in [0, 0.05) is 19.1 Å². The van der Waals surface area contributed by atoms with Crippen LogP contribution in [0.2, 0.25) is 0 Å². The monoisotopic (exact) mass is 294 g/mol. The molecule has 1 aliphatic heterocycles. The van der Waals surface area contributed by atoms with E-state index >= 15 is 0 Å². The molecule has 0 aromatic heterocycles. The lowest BCUT2D eigenvalue weighted by molar-refractivity contribution is 0.159. The summed E-state index contributed by atoms with van der Waals surface area (Å²) in [4.78, 5) is 2.16. The SMILES string of the molecule is CC(C)C(CN(C)C)NCC(O)c1ccc2c(c1)OCO2. The zero-order valence-corrected chi connectivity index (χ0v) is 13.3. The molecule has 2 unspecified atom stereocenters. The summed E-state index contributed by atoms with van der Waals surface area (Å²) in [6.45, 7) is 6.11. The molecular weight excluding hydrogens is 268 g/mol. The smallest absolute Gasteiger partial charge is 0.231 e. The lowest BCUT2D eigenvalue weighted by atomic mass is 10.0. The molecule has 2 N–H and O–H groups in total. The lowest BCUT2D eigenvalue weighted by Gasteiger charge is -2.27. The Labute approximate surface area is 126 Å². The topological polar surface area (TPSA) is 54.0 Å². The quantitative estimate of drug-likeness (QED) is 0.800. The fourth-order valence-electron chi connectivity index (χ4n) is 2.41. The average Bonchev–Trinajstić information content (AvgIpc) is 2.89. The first kappa shape index (κ1) is 16.1. The maximum Gasteiger partial charge on any atom is 0.231 e. The van der Waals surface area contributed by atoms with Gasteiger partial charge < -0.3 is 24.8 Å². The minimum absolute atomic E-state index is 0.255. The van der Waals surface area contributed by atoms with E-state index in [4.69, 9.17) is 9.47 Å². The number of likely N-dealkylation sites (N-methyl/N-ethyl adjacent to an activating group) is 1. The van der Waals surface area contributed by atoms with Crippen LogP contribution in [-0.2, 0) is 0 Å². The fraction of sp³-hybridized carbons (Fsp3) is 0.625. The van der Waals surface area contributed by atoms with Gasteiger partial charge in [0.25, 0.3) is 0 Å². The third kappa shape index (κ3) is 4.33. The highest BCUT2D eigenvalue weighted by atomic mass is 16.7. The van der Waals surface area contributed by atoms with Gasteiger partial charge in [-0.1, -0.05) is 19.9 Å². The molecule has 0 radical (unpaired) electrons. The summed E-state index contributed by atoms with van der Waals surface area (Å²) in [5.41, 5.74) is 0.846. The molecule has 2 atom stereocenters. The van der Waals surface area contributed by atoms with Crippen molar-refractivity contribution in [3.05, 3.63) is 23.8 Å². The summed E-state index contributed by atoms with van der Waals surface area (Å²) in [7, 11) is 4.12. The molecule has 1 heterocycles. The predicted molar refractivity (Wildman–Crippen MR) is 82.7 cm³/mol. The summed E-state index contributed by atoms with van der Waals surface area (Å²) in [6, 6.07) is 5.94. The molecular formula is C16H26N2O3. The number of rotatable bonds is 7. The third-order valence-electron chi connectivity index (χ3n) is 3.72. The van der Waals surface area contributed by atoms with E-state index in [9.17, 15) is 5.11 Å². The molecule has 0 bridgehead atoms. The number of aliphatic hydroxyl groups excluding tert-OH is 1. The Morgan fingerprint density at radius 2 is 1.95 bits per heavy atom. The highest BCUT2D eigenvalue weighted by molar-refractivity contribution is 5.45. The van der Waals surface area contributed by atoms with Gasteiger partial charge in [0.15, 0.2) is 11.5 Å². The Hall–Kier alpha value is -1.30. The molecule has 0 amide bonds. The second-order valence-electron chi connectivity index (χ2n) is 6.15. The van der Waals surface area contributed by atoms with Crippen LogP contribution in [0, 0.1) is 5.92 Å². The number of benzene rings is 1. The molecule has 0 fully saturated rings. The van der Waals surface area contributed by atoms with Crippen molar-refractivity contribution in [2.24, 2.45) is 5.92 Å². The van der Waals surface area contributed by atoms with E-state index in [-0.39, 0.29) is 6.79 Å². The van der Waals surface area contributed by atoms with Crippen LogP contribution in [0.4, 0.5) is 0 Å². The molecule has 0 saturated carbocycles. The van der Waals surface area contributed by atoms with Crippen LogP contribution >= 0.6 is 0 Å². The van der Waals surface area contributed by atoms with Crippen LogP contribution in [0.5, 0.6) is 11.5 Å². The number of aliphatic hydroxyl groups is 1. The van der Waals surface area contributed by atoms with Crippen LogP contribution in [-0.4, -0.2) is 50.0 Å². The summed E-state index contributed by atoms with van der Waals surface area (Å²) >= 11 is 0. The fourth-order valence-corrected chi connectivity index (χ4v) is 2.41. The van der Waals surface area contributed by atoms with Crippen molar-refractivity contribution < 1.29 is 14.6 Å². The Morgan fingerprint density at radius 3 is 2.62 bits per heavy atom. The van der Waals surface area contributed by atoms with Gasteiger partial charge in [-0.05, 0) is 37.7 Å². The molecule has 1 aromatic rings. The van der Waals surface area contributed by atoms with Gasteiger partial charge in [-0.3, -0.25) is 0 Å². The second kappa shape index (κ2) is 7.11. The molecule has 5 nitrogen and oxygen atoms in total. The first-order chi connectivity index (χ1) is 9.97. The van der Waals surface area contributed by atoms with Crippen molar-refractivity contribution in [1.29, 1.82) is 0 Å². The number of fused-ring (bicyclic) bond motifs is 1. The van der Waals surface area contributed by atoms with E-state index < -0.39 is 6.10 Å². The van der Waals surface area contributed by atoms with E-state index in [0.717, 1.165) is 17.9 Å². The van der Waals surface area contributed by atoms with Crippen LogP contribution < -0.4 is 14.8 Å².